The maximum Gasteiger partial charge on any atom is 0.306 e. The molecule has 1 unspecified atom stereocenters. The summed E-state index contributed by atoms with van der Waals surface area (Å²) in [6.45, 7) is 6.54. The summed E-state index contributed by atoms with van der Waals surface area (Å²) in [7, 11) is 0. The van der Waals surface area contributed by atoms with E-state index in [0.29, 0.717) is 19.3 Å². The molecule has 0 aromatic rings. The first-order valence-corrected chi connectivity index (χ1v) is 34.2. The van der Waals surface area contributed by atoms with Crippen LogP contribution in [0.3, 0.4) is 0 Å². The highest BCUT2D eigenvalue weighted by Gasteiger charge is 2.19. The van der Waals surface area contributed by atoms with E-state index in [4.69, 9.17) is 14.2 Å². The highest BCUT2D eigenvalue weighted by molar-refractivity contribution is 5.71. The number of esters is 3. The summed E-state index contributed by atoms with van der Waals surface area (Å²) in [4.78, 5) is 38.4. The molecule has 0 N–H and O–H groups in total. The summed E-state index contributed by atoms with van der Waals surface area (Å²) in [6, 6.07) is 0. The van der Waals surface area contributed by atoms with E-state index < -0.39 is 6.10 Å². The van der Waals surface area contributed by atoms with Crippen molar-refractivity contribution < 1.29 is 28.6 Å². The number of hydrogen-bond acceptors (Lipinski definition) is 6. The van der Waals surface area contributed by atoms with E-state index in [-0.39, 0.29) is 31.1 Å². The van der Waals surface area contributed by atoms with E-state index in [9.17, 15) is 14.4 Å². The fourth-order valence-electron chi connectivity index (χ4n) is 9.67. The Morgan fingerprint density at radius 2 is 0.487 bits per heavy atom. The second-order valence-electron chi connectivity index (χ2n) is 22.7. The van der Waals surface area contributed by atoms with Crippen molar-refractivity contribution in [1.82, 2.24) is 0 Å². The van der Waals surface area contributed by atoms with Gasteiger partial charge in [-0.25, -0.2) is 0 Å². The molecule has 0 aliphatic rings. The second-order valence-corrected chi connectivity index (χ2v) is 22.7. The zero-order chi connectivity index (χ0) is 57.8. The van der Waals surface area contributed by atoms with Gasteiger partial charge in [0.05, 0.1) is 0 Å². The Hall–Kier alpha value is -3.67. The molecule has 0 bridgehead atoms. The Kier molecular flexibility index (Phi) is 64.7. The molecule has 0 saturated heterocycles. The minimum atomic E-state index is -0.787. The highest BCUT2D eigenvalue weighted by Crippen LogP contribution is 2.16. The number of rotatable bonds is 62. The molecule has 6 heteroatoms. The molecule has 0 aliphatic carbocycles. The lowest BCUT2D eigenvalue weighted by molar-refractivity contribution is -0.167. The van der Waals surface area contributed by atoms with E-state index in [0.717, 1.165) is 103 Å². The minimum Gasteiger partial charge on any atom is -0.462 e. The lowest BCUT2D eigenvalue weighted by atomic mass is 10.1. The van der Waals surface area contributed by atoms with Gasteiger partial charge in [-0.2, -0.15) is 0 Å². The lowest BCUT2D eigenvalue weighted by Crippen LogP contribution is -2.30. The molecule has 80 heavy (non-hydrogen) atoms. The molecule has 0 aliphatic heterocycles. The Bertz CT molecular complexity index is 1560. The summed E-state index contributed by atoms with van der Waals surface area (Å²) in [5.41, 5.74) is 0. The van der Waals surface area contributed by atoms with Crippen LogP contribution in [0.1, 0.15) is 335 Å². The third kappa shape index (κ3) is 65.1. The van der Waals surface area contributed by atoms with E-state index in [1.807, 2.05) is 0 Å². The van der Waals surface area contributed by atoms with Crippen molar-refractivity contribution >= 4 is 17.9 Å². The number of carbonyl (C=O) groups excluding carboxylic acids is 3. The van der Waals surface area contributed by atoms with Gasteiger partial charge in [0.1, 0.15) is 13.2 Å². The van der Waals surface area contributed by atoms with E-state index in [1.165, 1.54) is 193 Å². The topological polar surface area (TPSA) is 78.9 Å². The van der Waals surface area contributed by atoms with Gasteiger partial charge in [-0.05, 0) is 122 Å². The standard InChI is InChI=1S/C74H128O6/c1-4-7-10-13-16-19-22-25-28-31-33-34-35-36-37-38-39-40-41-44-46-49-52-55-58-61-64-67-73(76)79-70-71(69-78-72(75)66-63-60-57-54-51-48-45-42-30-27-24-21-18-15-12-9-6-3)80-74(77)68-65-62-59-56-53-50-47-43-32-29-26-23-20-17-14-11-8-5-2/h7,10,16,19,25,27-30,32-34,36-37,39-40,71H,4-6,8-9,11-15,17-18,20-24,26,31,35,38,41-70H2,1-3H3/b10-7-,19-16-,28-25-,30-27-,32-29-,34-33-,37-36-,40-39-. The van der Waals surface area contributed by atoms with E-state index in [2.05, 4.69) is 118 Å². The predicted octanol–water partition coefficient (Wildman–Crippen LogP) is 23.6. The van der Waals surface area contributed by atoms with Crippen LogP contribution in [0.2, 0.25) is 0 Å². The smallest absolute Gasteiger partial charge is 0.306 e. The predicted molar refractivity (Wildman–Crippen MR) is 348 cm³/mol. The first kappa shape index (κ1) is 76.3. The Morgan fingerprint density at radius 1 is 0.263 bits per heavy atom. The molecule has 0 heterocycles. The largest absolute Gasteiger partial charge is 0.462 e. The summed E-state index contributed by atoms with van der Waals surface area (Å²) in [5, 5.41) is 0. The van der Waals surface area contributed by atoms with Gasteiger partial charge in [0, 0.05) is 19.3 Å². The van der Waals surface area contributed by atoms with Crippen molar-refractivity contribution in [3.8, 4) is 0 Å². The van der Waals surface area contributed by atoms with Crippen LogP contribution in [0, 0.1) is 0 Å². The number of allylic oxidation sites excluding steroid dienone is 16. The van der Waals surface area contributed by atoms with Crippen LogP contribution in [-0.4, -0.2) is 37.2 Å². The zero-order valence-electron chi connectivity index (χ0n) is 52.8. The molecule has 460 valence electrons. The van der Waals surface area contributed by atoms with Gasteiger partial charge in [-0.15, -0.1) is 0 Å². The molecule has 0 fully saturated rings. The zero-order valence-corrected chi connectivity index (χ0v) is 52.8. The second kappa shape index (κ2) is 67.8. The van der Waals surface area contributed by atoms with Gasteiger partial charge in [-0.3, -0.25) is 14.4 Å². The average molecular weight is 1110 g/mol. The Labute approximate surface area is 496 Å². The highest BCUT2D eigenvalue weighted by atomic mass is 16.6. The maximum atomic E-state index is 12.9. The average Bonchev–Trinajstić information content (AvgIpc) is 3.46. The number of ether oxygens (including phenoxy) is 3. The molecule has 0 aromatic heterocycles. The quantitative estimate of drug-likeness (QED) is 0.0261. The molecule has 0 amide bonds. The molecule has 0 spiro atoms. The summed E-state index contributed by atoms with van der Waals surface area (Å²) in [5.74, 6) is -0.885. The molecular formula is C74H128O6. The van der Waals surface area contributed by atoms with Crippen LogP contribution >= 0.6 is 0 Å². The molecule has 6 nitrogen and oxygen atoms in total. The van der Waals surface area contributed by atoms with Crippen LogP contribution in [0.15, 0.2) is 97.2 Å². The first-order valence-electron chi connectivity index (χ1n) is 34.2. The third-order valence-corrected chi connectivity index (χ3v) is 14.8. The third-order valence-electron chi connectivity index (χ3n) is 14.8. The van der Waals surface area contributed by atoms with Gasteiger partial charge in [-0.1, -0.05) is 291 Å². The molecule has 0 radical (unpaired) electrons. The van der Waals surface area contributed by atoms with Crippen molar-refractivity contribution in [3.05, 3.63) is 97.2 Å². The van der Waals surface area contributed by atoms with Crippen molar-refractivity contribution in [1.29, 1.82) is 0 Å². The van der Waals surface area contributed by atoms with Crippen LogP contribution in [0.4, 0.5) is 0 Å². The van der Waals surface area contributed by atoms with Gasteiger partial charge in [0.2, 0.25) is 0 Å². The molecular weight excluding hydrogens is 985 g/mol. The van der Waals surface area contributed by atoms with Crippen molar-refractivity contribution in [3.63, 3.8) is 0 Å². The fraction of sp³-hybridized carbons (Fsp3) is 0.743. The molecule has 0 saturated carbocycles. The molecule has 1 atom stereocenters. The monoisotopic (exact) mass is 1110 g/mol. The van der Waals surface area contributed by atoms with Crippen LogP contribution in [0.5, 0.6) is 0 Å². The first-order chi connectivity index (χ1) is 39.5. The van der Waals surface area contributed by atoms with Gasteiger partial charge in [0.25, 0.3) is 0 Å². The summed E-state index contributed by atoms with van der Waals surface area (Å²) in [6.07, 6.45) is 91.3. The van der Waals surface area contributed by atoms with E-state index in [1.54, 1.807) is 0 Å². The minimum absolute atomic E-state index is 0.0824. The van der Waals surface area contributed by atoms with Crippen LogP contribution in [0.25, 0.3) is 0 Å². The van der Waals surface area contributed by atoms with Crippen molar-refractivity contribution in [2.75, 3.05) is 13.2 Å². The van der Waals surface area contributed by atoms with Crippen LogP contribution in [-0.2, 0) is 28.6 Å². The van der Waals surface area contributed by atoms with Crippen molar-refractivity contribution in [2.45, 2.75) is 341 Å². The molecule has 0 rings (SSSR count). The Balaban J connectivity index is 4.37. The van der Waals surface area contributed by atoms with Gasteiger partial charge >= 0.3 is 17.9 Å². The van der Waals surface area contributed by atoms with E-state index >= 15 is 0 Å². The summed E-state index contributed by atoms with van der Waals surface area (Å²) >= 11 is 0. The van der Waals surface area contributed by atoms with Crippen LogP contribution < -0.4 is 0 Å². The van der Waals surface area contributed by atoms with Crippen molar-refractivity contribution in [2.24, 2.45) is 0 Å². The number of unbranched alkanes of at least 4 members (excludes halogenated alkanes) is 35. The number of carbonyl (C=O) groups is 3. The molecule has 0 aromatic carbocycles. The lowest BCUT2D eigenvalue weighted by Gasteiger charge is -2.18. The normalized spacial score (nSPS) is 12.7. The maximum absolute atomic E-state index is 12.9. The fourth-order valence-corrected chi connectivity index (χ4v) is 9.67. The Morgan fingerprint density at radius 3 is 0.775 bits per heavy atom. The SMILES string of the molecule is CC/C=C\C/C=C\C/C=C\C/C=C\C/C=C\C/C=C\CCCCCCCCCCC(=O)OCC(COC(=O)CCCCCCCCC/C=C\CCCCCCCC)OC(=O)CCCCCCCCC/C=C\CCCCCCCCC. The van der Waals surface area contributed by atoms with Gasteiger partial charge in [0.15, 0.2) is 6.10 Å². The number of hydrogen-bond donors (Lipinski definition) is 0. The summed E-state index contributed by atoms with van der Waals surface area (Å²) < 4.78 is 17.0. The van der Waals surface area contributed by atoms with Gasteiger partial charge < -0.3 is 14.2 Å².